The summed E-state index contributed by atoms with van der Waals surface area (Å²) < 4.78 is 1.87. The first-order valence-corrected chi connectivity index (χ1v) is 7.65. The van der Waals surface area contributed by atoms with Crippen LogP contribution in [0, 0.1) is 0 Å². The number of H-pyrrole nitrogens is 1. The van der Waals surface area contributed by atoms with Gasteiger partial charge in [-0.15, -0.1) is 0 Å². The molecule has 3 aromatic heterocycles. The van der Waals surface area contributed by atoms with E-state index in [-0.39, 0.29) is 5.91 Å². The predicted molar refractivity (Wildman–Crippen MR) is 83.0 cm³/mol. The summed E-state index contributed by atoms with van der Waals surface area (Å²) in [6.45, 7) is 2.13. The molecule has 0 fully saturated rings. The smallest absolute Gasteiger partial charge is 0.272 e. The van der Waals surface area contributed by atoms with Crippen LogP contribution in [0.25, 0.3) is 5.78 Å². The molecule has 8 nitrogen and oxygen atoms in total. The van der Waals surface area contributed by atoms with Crippen LogP contribution in [0.15, 0.2) is 24.7 Å². The van der Waals surface area contributed by atoms with Gasteiger partial charge in [0.25, 0.3) is 5.91 Å². The molecular weight excluding hydrogens is 294 g/mol. The quantitative estimate of drug-likeness (QED) is 0.633. The largest absolute Gasteiger partial charge is 0.350 e. The number of amides is 1. The molecule has 1 aliphatic rings. The van der Waals surface area contributed by atoms with Crippen LogP contribution >= 0.6 is 0 Å². The number of fused-ring (bicyclic) bond motifs is 2. The number of hydrogen-bond acceptors (Lipinski definition) is 5. The Bertz CT molecular complexity index is 818. The maximum atomic E-state index is 12.3. The summed E-state index contributed by atoms with van der Waals surface area (Å²) in [7, 11) is 0. The van der Waals surface area contributed by atoms with Gasteiger partial charge in [-0.1, -0.05) is 0 Å². The Morgan fingerprint density at radius 2 is 2.39 bits per heavy atom. The molecule has 4 heterocycles. The van der Waals surface area contributed by atoms with Gasteiger partial charge < -0.3 is 10.6 Å². The fourth-order valence-electron chi connectivity index (χ4n) is 2.82. The van der Waals surface area contributed by atoms with Crippen molar-refractivity contribution in [2.45, 2.75) is 19.4 Å². The lowest BCUT2D eigenvalue weighted by atomic mass is 10.1. The minimum Gasteiger partial charge on any atom is -0.350 e. The van der Waals surface area contributed by atoms with Gasteiger partial charge in [0.2, 0.25) is 5.78 Å². The Labute approximate surface area is 132 Å². The van der Waals surface area contributed by atoms with E-state index < -0.39 is 0 Å². The van der Waals surface area contributed by atoms with E-state index >= 15 is 0 Å². The molecule has 23 heavy (non-hydrogen) atoms. The standard InChI is InChI=1S/C15H17N7O/c23-14(13-11-3-5-16-8-12(11)20-21-13)17-6-2-10-9-22-7-1-4-18-15(22)19-10/h1,4,7,9,16H,2-3,5-6,8H2,(H,17,23)(H,20,21). The third kappa shape index (κ3) is 2.68. The lowest BCUT2D eigenvalue weighted by molar-refractivity contribution is 0.0948. The lowest BCUT2D eigenvalue weighted by Gasteiger charge is -2.12. The summed E-state index contributed by atoms with van der Waals surface area (Å²) in [5, 5.41) is 13.3. The number of aromatic nitrogens is 5. The Morgan fingerprint density at radius 1 is 1.43 bits per heavy atom. The van der Waals surface area contributed by atoms with Crippen molar-refractivity contribution in [3.63, 3.8) is 0 Å². The van der Waals surface area contributed by atoms with Crippen LogP contribution in [0.4, 0.5) is 0 Å². The zero-order valence-corrected chi connectivity index (χ0v) is 12.5. The van der Waals surface area contributed by atoms with Crippen molar-refractivity contribution in [2.24, 2.45) is 0 Å². The number of hydrogen-bond donors (Lipinski definition) is 3. The second kappa shape index (κ2) is 5.81. The number of carbonyl (C=O) groups is 1. The van der Waals surface area contributed by atoms with E-state index in [9.17, 15) is 4.79 Å². The van der Waals surface area contributed by atoms with Crippen LogP contribution in [0.5, 0.6) is 0 Å². The highest BCUT2D eigenvalue weighted by Gasteiger charge is 2.21. The number of rotatable bonds is 4. The minimum atomic E-state index is -0.133. The summed E-state index contributed by atoms with van der Waals surface area (Å²) in [5.41, 5.74) is 3.45. The van der Waals surface area contributed by atoms with Crippen LogP contribution in [-0.4, -0.2) is 43.6 Å². The fraction of sp³-hybridized carbons (Fsp3) is 0.333. The summed E-state index contributed by atoms with van der Waals surface area (Å²) in [6, 6.07) is 1.86. The second-order valence-corrected chi connectivity index (χ2v) is 5.52. The topological polar surface area (TPSA) is 100 Å². The van der Waals surface area contributed by atoms with Crippen molar-refractivity contribution >= 4 is 11.7 Å². The second-order valence-electron chi connectivity index (χ2n) is 5.52. The molecule has 0 aliphatic carbocycles. The van der Waals surface area contributed by atoms with Gasteiger partial charge in [0.15, 0.2) is 5.69 Å². The molecule has 0 saturated heterocycles. The maximum absolute atomic E-state index is 12.3. The molecule has 0 aromatic carbocycles. The summed E-state index contributed by atoms with van der Waals surface area (Å²) in [4.78, 5) is 20.9. The van der Waals surface area contributed by atoms with Gasteiger partial charge >= 0.3 is 0 Å². The van der Waals surface area contributed by atoms with Gasteiger partial charge in [-0.3, -0.25) is 14.3 Å². The third-order valence-corrected chi connectivity index (χ3v) is 3.97. The number of nitrogens with zero attached hydrogens (tertiary/aromatic N) is 4. The number of imidazole rings is 1. The molecule has 8 heteroatoms. The van der Waals surface area contributed by atoms with Gasteiger partial charge in [-0.05, 0) is 19.0 Å². The molecule has 1 aliphatic heterocycles. The highest BCUT2D eigenvalue weighted by molar-refractivity contribution is 5.94. The molecule has 3 N–H and O–H groups in total. The van der Waals surface area contributed by atoms with Crippen LogP contribution in [0.3, 0.4) is 0 Å². The first-order chi connectivity index (χ1) is 11.3. The summed E-state index contributed by atoms with van der Waals surface area (Å²) in [6.07, 6.45) is 7.03. The Morgan fingerprint density at radius 3 is 3.30 bits per heavy atom. The zero-order valence-electron chi connectivity index (χ0n) is 12.5. The Kier molecular flexibility index (Phi) is 3.51. The highest BCUT2D eigenvalue weighted by atomic mass is 16.1. The minimum absolute atomic E-state index is 0.133. The van der Waals surface area contributed by atoms with Crippen molar-refractivity contribution in [2.75, 3.05) is 13.1 Å². The highest BCUT2D eigenvalue weighted by Crippen LogP contribution is 2.15. The van der Waals surface area contributed by atoms with E-state index in [0.717, 1.165) is 36.5 Å². The summed E-state index contributed by atoms with van der Waals surface area (Å²) >= 11 is 0. The first-order valence-electron chi connectivity index (χ1n) is 7.65. The average Bonchev–Trinajstić information content (AvgIpc) is 3.18. The molecule has 0 radical (unpaired) electrons. The SMILES string of the molecule is O=C(NCCc1cn2cccnc2n1)c1n[nH]c2c1CCNC2. The fourth-order valence-corrected chi connectivity index (χ4v) is 2.82. The Hall–Kier alpha value is -2.74. The molecule has 1 amide bonds. The van der Waals surface area contributed by atoms with Crippen molar-refractivity contribution in [3.8, 4) is 0 Å². The molecular formula is C15H17N7O. The zero-order chi connectivity index (χ0) is 15.6. The van der Waals surface area contributed by atoms with Crippen LogP contribution in [-0.2, 0) is 19.4 Å². The van der Waals surface area contributed by atoms with Gasteiger partial charge in [0.1, 0.15) is 0 Å². The van der Waals surface area contributed by atoms with Crippen LogP contribution in [0.2, 0.25) is 0 Å². The lowest BCUT2D eigenvalue weighted by Crippen LogP contribution is -2.29. The predicted octanol–water partition coefficient (Wildman–Crippen LogP) is 0.0706. The number of nitrogens with one attached hydrogen (secondary N) is 3. The summed E-state index contributed by atoms with van der Waals surface area (Å²) in [5.74, 6) is 0.536. The molecule has 4 rings (SSSR count). The molecule has 3 aromatic rings. The molecule has 0 bridgehead atoms. The molecule has 118 valence electrons. The van der Waals surface area contributed by atoms with Gasteiger partial charge in [0.05, 0.1) is 11.4 Å². The number of aromatic amines is 1. The van der Waals surface area contributed by atoms with E-state index in [0.29, 0.717) is 24.4 Å². The third-order valence-electron chi connectivity index (χ3n) is 3.97. The number of carbonyl (C=O) groups excluding carboxylic acids is 1. The van der Waals surface area contributed by atoms with Gasteiger partial charge in [-0.2, -0.15) is 5.10 Å². The molecule has 0 atom stereocenters. The van der Waals surface area contributed by atoms with Crippen molar-refractivity contribution < 1.29 is 4.79 Å². The molecule has 0 spiro atoms. The average molecular weight is 311 g/mol. The molecule has 0 saturated carbocycles. The molecule has 0 unspecified atom stereocenters. The van der Waals surface area contributed by atoms with E-state index in [1.54, 1.807) is 6.20 Å². The van der Waals surface area contributed by atoms with E-state index in [2.05, 4.69) is 30.8 Å². The maximum Gasteiger partial charge on any atom is 0.272 e. The Balaban J connectivity index is 1.39. The van der Waals surface area contributed by atoms with Crippen molar-refractivity contribution in [1.29, 1.82) is 0 Å². The van der Waals surface area contributed by atoms with Crippen molar-refractivity contribution in [1.82, 2.24) is 35.2 Å². The van der Waals surface area contributed by atoms with E-state index in [1.165, 1.54) is 0 Å². The van der Waals surface area contributed by atoms with Crippen molar-refractivity contribution in [3.05, 3.63) is 47.3 Å². The van der Waals surface area contributed by atoms with Crippen LogP contribution in [0.1, 0.15) is 27.4 Å². The first kappa shape index (κ1) is 13.9. The van der Waals surface area contributed by atoms with E-state index in [4.69, 9.17) is 0 Å². The normalized spacial score (nSPS) is 13.9. The van der Waals surface area contributed by atoms with Gasteiger partial charge in [-0.25, -0.2) is 9.97 Å². The monoisotopic (exact) mass is 311 g/mol. The van der Waals surface area contributed by atoms with E-state index in [1.807, 2.05) is 22.9 Å². The van der Waals surface area contributed by atoms with Crippen LogP contribution < -0.4 is 10.6 Å². The van der Waals surface area contributed by atoms with Gasteiger partial charge in [0, 0.05) is 43.7 Å².